The molecule has 0 unspecified atom stereocenters. The smallest absolute Gasteiger partial charge is 0.186 e. The van der Waals surface area contributed by atoms with Gasteiger partial charge in [-0.05, 0) is 18.6 Å². The maximum Gasteiger partial charge on any atom is 0.186 e. The van der Waals surface area contributed by atoms with Gasteiger partial charge in [0, 0.05) is 6.07 Å². The number of nitrogens with zero attached hydrogens (tertiary/aromatic N) is 4. The van der Waals surface area contributed by atoms with Crippen molar-refractivity contribution < 1.29 is 9.47 Å². The molecule has 0 amide bonds. The summed E-state index contributed by atoms with van der Waals surface area (Å²) >= 11 is 0. The second kappa shape index (κ2) is 5.40. The summed E-state index contributed by atoms with van der Waals surface area (Å²) in [6.07, 6.45) is 0.671. The highest BCUT2D eigenvalue weighted by Gasteiger charge is 2.14. The highest BCUT2D eigenvalue weighted by Crippen LogP contribution is 2.29. The molecule has 0 aliphatic rings. The predicted octanol–water partition coefficient (Wildman–Crippen LogP) is 1.72. The molecule has 1 aromatic carbocycles. The van der Waals surface area contributed by atoms with Crippen LogP contribution in [-0.2, 0) is 6.42 Å². The lowest BCUT2D eigenvalue weighted by Gasteiger charge is -2.10. The summed E-state index contributed by atoms with van der Waals surface area (Å²) < 4.78 is 12.1. The topological polar surface area (TPSA) is 73.0 Å². The first-order chi connectivity index (χ1) is 9.24. The molecule has 6 nitrogen and oxygen atoms in total. The van der Waals surface area contributed by atoms with Gasteiger partial charge in [0.25, 0.3) is 0 Å². The van der Waals surface area contributed by atoms with Crippen LogP contribution in [0, 0.1) is 11.3 Å². The maximum absolute atomic E-state index is 8.98. The van der Waals surface area contributed by atoms with Crippen molar-refractivity contribution in [2.75, 3.05) is 14.2 Å². The van der Waals surface area contributed by atoms with Gasteiger partial charge in [0.2, 0.25) is 0 Å². The van der Waals surface area contributed by atoms with Crippen molar-refractivity contribution in [3.63, 3.8) is 0 Å². The Labute approximate surface area is 111 Å². The summed E-state index contributed by atoms with van der Waals surface area (Å²) in [5.74, 6) is 1.25. The van der Waals surface area contributed by atoms with Crippen molar-refractivity contribution in [3.8, 4) is 23.3 Å². The van der Waals surface area contributed by atoms with E-state index < -0.39 is 0 Å². The van der Waals surface area contributed by atoms with E-state index in [-0.39, 0.29) is 0 Å². The number of ether oxygens (including phenoxy) is 2. The van der Waals surface area contributed by atoms with Gasteiger partial charge < -0.3 is 9.47 Å². The second-order valence-corrected chi connectivity index (χ2v) is 3.80. The van der Waals surface area contributed by atoms with Gasteiger partial charge in [0.05, 0.1) is 25.6 Å². The monoisotopic (exact) mass is 258 g/mol. The quantitative estimate of drug-likeness (QED) is 0.834. The van der Waals surface area contributed by atoms with E-state index in [0.29, 0.717) is 23.6 Å². The lowest BCUT2D eigenvalue weighted by atomic mass is 10.2. The van der Waals surface area contributed by atoms with E-state index in [1.807, 2.05) is 19.1 Å². The third-order valence-corrected chi connectivity index (χ3v) is 2.82. The summed E-state index contributed by atoms with van der Waals surface area (Å²) in [7, 11) is 3.16. The molecule has 0 saturated carbocycles. The zero-order valence-electron chi connectivity index (χ0n) is 11.0. The highest BCUT2D eigenvalue weighted by molar-refractivity contribution is 5.49. The van der Waals surface area contributed by atoms with Crippen LogP contribution in [0.3, 0.4) is 0 Å². The van der Waals surface area contributed by atoms with E-state index in [9.17, 15) is 0 Å². The van der Waals surface area contributed by atoms with E-state index in [0.717, 1.165) is 11.4 Å². The van der Waals surface area contributed by atoms with Gasteiger partial charge in [-0.1, -0.05) is 12.1 Å². The Morgan fingerprint density at radius 1 is 1.26 bits per heavy atom. The van der Waals surface area contributed by atoms with Crippen molar-refractivity contribution >= 4 is 0 Å². The number of aromatic nitrogens is 3. The standard InChI is InChI=1S/C13H14N4O2/c1-4-11-10(8-14)15-16-17(11)9-5-6-12(18-2)13(7-9)19-3/h5-7H,4H2,1-3H3. The summed E-state index contributed by atoms with van der Waals surface area (Å²) in [5, 5.41) is 16.8. The van der Waals surface area contributed by atoms with Gasteiger partial charge in [-0.15, -0.1) is 5.10 Å². The van der Waals surface area contributed by atoms with E-state index in [1.165, 1.54) is 0 Å². The summed E-state index contributed by atoms with van der Waals surface area (Å²) in [4.78, 5) is 0. The van der Waals surface area contributed by atoms with Crippen LogP contribution in [0.5, 0.6) is 11.5 Å². The van der Waals surface area contributed by atoms with Gasteiger partial charge in [-0.25, -0.2) is 4.68 Å². The Morgan fingerprint density at radius 3 is 2.58 bits per heavy atom. The highest BCUT2D eigenvalue weighted by atomic mass is 16.5. The van der Waals surface area contributed by atoms with E-state index >= 15 is 0 Å². The van der Waals surface area contributed by atoms with Crippen LogP contribution in [-0.4, -0.2) is 29.2 Å². The number of methoxy groups -OCH3 is 2. The minimum atomic E-state index is 0.345. The molecule has 0 atom stereocenters. The average Bonchev–Trinajstić information content (AvgIpc) is 2.89. The molecule has 2 aromatic rings. The van der Waals surface area contributed by atoms with Crippen molar-refractivity contribution in [1.29, 1.82) is 5.26 Å². The Hall–Kier alpha value is -2.55. The molecule has 2 rings (SSSR count). The zero-order chi connectivity index (χ0) is 13.8. The molecule has 0 aliphatic heterocycles. The molecule has 6 heteroatoms. The maximum atomic E-state index is 8.98. The van der Waals surface area contributed by atoms with Crippen LogP contribution in [0.25, 0.3) is 5.69 Å². The minimum Gasteiger partial charge on any atom is -0.493 e. The van der Waals surface area contributed by atoms with Gasteiger partial charge in [0.15, 0.2) is 17.2 Å². The molecule has 19 heavy (non-hydrogen) atoms. The zero-order valence-corrected chi connectivity index (χ0v) is 11.0. The first-order valence-electron chi connectivity index (χ1n) is 5.82. The van der Waals surface area contributed by atoms with Crippen LogP contribution in [0.4, 0.5) is 0 Å². The molecule has 0 radical (unpaired) electrons. The Kier molecular flexibility index (Phi) is 3.66. The predicted molar refractivity (Wildman–Crippen MR) is 68.6 cm³/mol. The molecule has 0 fully saturated rings. The number of benzene rings is 1. The molecule has 98 valence electrons. The second-order valence-electron chi connectivity index (χ2n) is 3.80. The molecule has 0 saturated heterocycles. The fraction of sp³-hybridized carbons (Fsp3) is 0.308. The Balaban J connectivity index is 2.54. The lowest BCUT2D eigenvalue weighted by Crippen LogP contribution is -2.03. The van der Waals surface area contributed by atoms with Crippen molar-refractivity contribution in [2.24, 2.45) is 0 Å². The van der Waals surface area contributed by atoms with Crippen molar-refractivity contribution in [3.05, 3.63) is 29.6 Å². The normalized spacial score (nSPS) is 10.0. The lowest BCUT2D eigenvalue weighted by molar-refractivity contribution is 0.354. The fourth-order valence-corrected chi connectivity index (χ4v) is 1.87. The number of hydrogen-bond donors (Lipinski definition) is 0. The van der Waals surface area contributed by atoms with Crippen LogP contribution >= 0.6 is 0 Å². The molecule has 0 aliphatic carbocycles. The van der Waals surface area contributed by atoms with E-state index in [4.69, 9.17) is 14.7 Å². The van der Waals surface area contributed by atoms with E-state index in [2.05, 4.69) is 10.3 Å². The Bertz CT molecular complexity index is 628. The molecule has 0 bridgehead atoms. The molecule has 1 aromatic heterocycles. The fourth-order valence-electron chi connectivity index (χ4n) is 1.87. The summed E-state index contributed by atoms with van der Waals surface area (Å²) in [6.45, 7) is 1.96. The van der Waals surface area contributed by atoms with Crippen LogP contribution < -0.4 is 9.47 Å². The molecular formula is C13H14N4O2. The third-order valence-electron chi connectivity index (χ3n) is 2.82. The SMILES string of the molecule is CCc1c(C#N)nnn1-c1ccc(OC)c(OC)c1. The number of rotatable bonds is 4. The largest absolute Gasteiger partial charge is 0.493 e. The van der Waals surface area contributed by atoms with E-state index in [1.54, 1.807) is 31.0 Å². The van der Waals surface area contributed by atoms with Gasteiger partial charge in [-0.2, -0.15) is 5.26 Å². The van der Waals surface area contributed by atoms with Crippen LogP contribution in [0.15, 0.2) is 18.2 Å². The van der Waals surface area contributed by atoms with Crippen LogP contribution in [0.1, 0.15) is 18.3 Å². The first-order valence-corrected chi connectivity index (χ1v) is 5.82. The van der Waals surface area contributed by atoms with Crippen molar-refractivity contribution in [1.82, 2.24) is 15.0 Å². The number of nitriles is 1. The molecule has 1 heterocycles. The third kappa shape index (κ3) is 2.22. The molecule has 0 spiro atoms. The number of hydrogen-bond acceptors (Lipinski definition) is 5. The van der Waals surface area contributed by atoms with Crippen LogP contribution in [0.2, 0.25) is 0 Å². The van der Waals surface area contributed by atoms with Gasteiger partial charge >= 0.3 is 0 Å². The molecular weight excluding hydrogens is 244 g/mol. The van der Waals surface area contributed by atoms with Gasteiger partial charge in [-0.3, -0.25) is 0 Å². The van der Waals surface area contributed by atoms with Crippen molar-refractivity contribution in [2.45, 2.75) is 13.3 Å². The average molecular weight is 258 g/mol. The van der Waals surface area contributed by atoms with Gasteiger partial charge in [0.1, 0.15) is 6.07 Å². The Morgan fingerprint density at radius 2 is 2.00 bits per heavy atom. The summed E-state index contributed by atoms with van der Waals surface area (Å²) in [6, 6.07) is 7.47. The molecule has 0 N–H and O–H groups in total. The minimum absolute atomic E-state index is 0.345. The first kappa shape index (κ1) is 12.9. The summed E-state index contributed by atoms with van der Waals surface area (Å²) in [5.41, 5.74) is 1.90.